The molecule has 6 fully saturated rings. The van der Waals surface area contributed by atoms with Crippen molar-refractivity contribution in [2.24, 2.45) is 40.9 Å². The van der Waals surface area contributed by atoms with E-state index in [4.69, 9.17) is 9.47 Å². The Hall–Kier alpha value is -0.200. The van der Waals surface area contributed by atoms with Crippen molar-refractivity contribution in [3.8, 4) is 0 Å². The predicted octanol–water partition coefficient (Wildman–Crippen LogP) is 1.51. The number of hydrogen-bond donors (Lipinski definition) is 2. The van der Waals surface area contributed by atoms with Crippen molar-refractivity contribution in [3.63, 3.8) is 0 Å². The molecule has 2 N–H and O–H groups in total. The first-order valence-electron chi connectivity index (χ1n) is 11.2. The standard InChI is InChI=1S/C22H35NO4/c1-4-23-10-11-5-6-17(27-3)22-13(11)8-15(20(22)23)21(25)9-16(26-2)12-7-14(22)18(21)19(12)24/h11-20,24-25H,4-10H2,1-3H3/t11-,12+,13+,14+,15-,16-,17-,18+,19-,20+,21-,22-/m0/s1. The number of likely N-dealkylation sites (tertiary alicyclic amines) is 1. The SMILES string of the molecule is CCN1C[C@@H]2CC[C@H](OC)[C@@]34[C@@H]2C[C@@H]([C@@H]13)[C@@]1(O)C[C@H](OC)[C@H]2C[C@@H]4[C@@H]1[C@H]2O. The molecule has 0 aromatic rings. The van der Waals surface area contributed by atoms with Crippen LogP contribution >= 0.6 is 0 Å². The van der Waals surface area contributed by atoms with Gasteiger partial charge >= 0.3 is 0 Å². The van der Waals surface area contributed by atoms with Crippen LogP contribution in [0.4, 0.5) is 0 Å². The maximum atomic E-state index is 12.2. The van der Waals surface area contributed by atoms with Gasteiger partial charge in [0.05, 0.1) is 23.9 Å². The lowest BCUT2D eigenvalue weighted by molar-refractivity contribution is -0.259. The Labute approximate surface area is 162 Å². The van der Waals surface area contributed by atoms with Crippen molar-refractivity contribution in [2.75, 3.05) is 27.3 Å². The van der Waals surface area contributed by atoms with E-state index in [1.807, 2.05) is 7.11 Å². The fraction of sp³-hybridized carbons (Fsp3) is 1.00. The van der Waals surface area contributed by atoms with Gasteiger partial charge in [-0.3, -0.25) is 4.90 Å². The van der Waals surface area contributed by atoms with Gasteiger partial charge in [-0.2, -0.15) is 0 Å². The number of rotatable bonds is 3. The highest BCUT2D eigenvalue weighted by Gasteiger charge is 2.81. The molecule has 0 aromatic heterocycles. The van der Waals surface area contributed by atoms with Gasteiger partial charge < -0.3 is 19.7 Å². The average molecular weight is 378 g/mol. The Morgan fingerprint density at radius 2 is 1.89 bits per heavy atom. The van der Waals surface area contributed by atoms with Gasteiger partial charge in [0.1, 0.15) is 0 Å². The number of nitrogens with zero attached hydrogens (tertiary/aromatic N) is 1. The summed E-state index contributed by atoms with van der Waals surface area (Å²) in [4.78, 5) is 2.69. The van der Waals surface area contributed by atoms with E-state index in [0.29, 0.717) is 24.3 Å². The van der Waals surface area contributed by atoms with Crippen LogP contribution in [-0.4, -0.2) is 72.4 Å². The minimum absolute atomic E-state index is 0.00774. The lowest BCUT2D eigenvalue weighted by atomic mass is 9.46. The smallest absolute Gasteiger partial charge is 0.0771 e. The summed E-state index contributed by atoms with van der Waals surface area (Å²) in [5, 5.41) is 23.5. The van der Waals surface area contributed by atoms with Crippen molar-refractivity contribution in [1.29, 1.82) is 0 Å². The molecule has 0 radical (unpaired) electrons. The summed E-state index contributed by atoms with van der Waals surface area (Å²) < 4.78 is 12.1. The van der Waals surface area contributed by atoms with Crippen LogP contribution in [0.25, 0.3) is 0 Å². The summed E-state index contributed by atoms with van der Waals surface area (Å²) in [6, 6.07) is 0.404. The maximum absolute atomic E-state index is 12.2. The van der Waals surface area contributed by atoms with Crippen molar-refractivity contribution < 1.29 is 19.7 Å². The zero-order valence-corrected chi connectivity index (χ0v) is 16.9. The quantitative estimate of drug-likeness (QED) is 0.781. The van der Waals surface area contributed by atoms with Gasteiger partial charge in [0.25, 0.3) is 0 Å². The van der Waals surface area contributed by atoms with E-state index in [0.717, 1.165) is 31.7 Å². The fourth-order valence-electron chi connectivity index (χ4n) is 9.96. The van der Waals surface area contributed by atoms with Gasteiger partial charge in [0.15, 0.2) is 0 Å². The van der Waals surface area contributed by atoms with E-state index in [9.17, 15) is 10.2 Å². The highest BCUT2D eigenvalue weighted by molar-refractivity contribution is 5.31. The zero-order chi connectivity index (χ0) is 18.7. The van der Waals surface area contributed by atoms with Gasteiger partial charge in [0, 0.05) is 56.4 Å². The molecule has 12 atom stereocenters. The van der Waals surface area contributed by atoms with Crippen molar-refractivity contribution >= 4 is 0 Å². The summed E-state index contributed by atoms with van der Waals surface area (Å²) in [6.45, 7) is 4.52. The second kappa shape index (κ2) is 5.48. The summed E-state index contributed by atoms with van der Waals surface area (Å²) in [5.41, 5.74) is -0.669. The Bertz CT molecular complexity index is 644. The highest BCUT2D eigenvalue weighted by Crippen LogP contribution is 2.77. The average Bonchev–Trinajstić information content (AvgIpc) is 3.06. The Morgan fingerprint density at radius 1 is 1.07 bits per heavy atom. The van der Waals surface area contributed by atoms with Crippen LogP contribution in [0, 0.1) is 40.9 Å². The molecule has 5 nitrogen and oxygen atoms in total. The van der Waals surface area contributed by atoms with Gasteiger partial charge in [-0.15, -0.1) is 0 Å². The van der Waals surface area contributed by atoms with Gasteiger partial charge in [-0.25, -0.2) is 0 Å². The van der Waals surface area contributed by atoms with Crippen LogP contribution in [0.15, 0.2) is 0 Å². The molecule has 6 aliphatic rings. The van der Waals surface area contributed by atoms with Crippen LogP contribution in [0.1, 0.15) is 39.0 Å². The van der Waals surface area contributed by atoms with Crippen LogP contribution in [0.5, 0.6) is 0 Å². The number of hydrogen-bond acceptors (Lipinski definition) is 5. The summed E-state index contributed by atoms with van der Waals surface area (Å²) >= 11 is 0. The third-order valence-electron chi connectivity index (χ3n) is 10.5. The molecule has 1 saturated heterocycles. The first-order valence-corrected chi connectivity index (χ1v) is 11.2. The number of aliphatic hydroxyl groups excluding tert-OH is 1. The monoisotopic (exact) mass is 377 g/mol. The van der Waals surface area contributed by atoms with E-state index in [1.54, 1.807) is 7.11 Å². The molecule has 1 spiro atoms. The molecule has 0 amide bonds. The topological polar surface area (TPSA) is 62.2 Å². The van der Waals surface area contributed by atoms with E-state index < -0.39 is 11.7 Å². The molecule has 5 aliphatic carbocycles. The summed E-state index contributed by atoms with van der Waals surface area (Å²) in [7, 11) is 3.65. The number of methoxy groups -OCH3 is 2. The Balaban J connectivity index is 1.57. The van der Waals surface area contributed by atoms with E-state index in [1.165, 1.54) is 13.0 Å². The Morgan fingerprint density at radius 3 is 2.59 bits per heavy atom. The van der Waals surface area contributed by atoms with E-state index in [-0.39, 0.29) is 35.4 Å². The molecule has 0 aromatic carbocycles. The molecular weight excluding hydrogens is 342 g/mol. The first-order chi connectivity index (χ1) is 13.0. The summed E-state index contributed by atoms with van der Waals surface area (Å²) in [5.74, 6) is 2.17. The fourth-order valence-corrected chi connectivity index (χ4v) is 9.96. The number of ether oxygens (including phenoxy) is 2. The van der Waals surface area contributed by atoms with Crippen molar-refractivity contribution in [1.82, 2.24) is 4.90 Å². The summed E-state index contributed by atoms with van der Waals surface area (Å²) in [6.07, 6.45) is 5.04. The lowest BCUT2D eigenvalue weighted by Gasteiger charge is -2.67. The van der Waals surface area contributed by atoms with E-state index in [2.05, 4.69) is 11.8 Å². The molecule has 7 bridgehead atoms. The highest BCUT2D eigenvalue weighted by atomic mass is 16.5. The van der Waals surface area contributed by atoms with E-state index >= 15 is 0 Å². The molecule has 0 unspecified atom stereocenters. The van der Waals surface area contributed by atoms with Gasteiger partial charge in [-0.1, -0.05) is 6.92 Å². The van der Waals surface area contributed by atoms with Crippen LogP contribution in [0.3, 0.4) is 0 Å². The van der Waals surface area contributed by atoms with Gasteiger partial charge in [0.2, 0.25) is 0 Å². The van der Waals surface area contributed by atoms with Crippen LogP contribution in [-0.2, 0) is 9.47 Å². The molecule has 152 valence electrons. The second-order valence-corrected chi connectivity index (χ2v) is 10.5. The molecule has 6 rings (SSSR count). The van der Waals surface area contributed by atoms with Crippen molar-refractivity contribution in [2.45, 2.75) is 69.0 Å². The lowest BCUT2D eigenvalue weighted by Crippen LogP contribution is -2.74. The predicted molar refractivity (Wildman–Crippen MR) is 100 cm³/mol. The first kappa shape index (κ1) is 17.6. The minimum atomic E-state index is -0.786. The molecule has 1 heterocycles. The second-order valence-electron chi connectivity index (χ2n) is 10.5. The number of piperidine rings is 1. The third-order valence-corrected chi connectivity index (χ3v) is 10.5. The molecular formula is C22H35NO4. The molecule has 5 heteroatoms. The largest absolute Gasteiger partial charge is 0.392 e. The molecule has 5 saturated carbocycles. The van der Waals surface area contributed by atoms with Crippen LogP contribution in [0.2, 0.25) is 0 Å². The molecule has 1 aliphatic heterocycles. The maximum Gasteiger partial charge on any atom is 0.0771 e. The van der Waals surface area contributed by atoms with Crippen LogP contribution < -0.4 is 0 Å². The third kappa shape index (κ3) is 1.73. The number of fused-ring (bicyclic) bond motifs is 2. The van der Waals surface area contributed by atoms with Crippen molar-refractivity contribution in [3.05, 3.63) is 0 Å². The molecule has 27 heavy (non-hydrogen) atoms. The number of aliphatic hydroxyl groups is 2. The minimum Gasteiger partial charge on any atom is -0.392 e. The Kier molecular flexibility index (Phi) is 3.58. The zero-order valence-electron chi connectivity index (χ0n) is 16.9. The normalized spacial score (nSPS) is 63.4. The van der Waals surface area contributed by atoms with Gasteiger partial charge in [-0.05, 0) is 50.0 Å².